The van der Waals surface area contributed by atoms with Crippen LogP contribution < -0.4 is 0 Å². The minimum absolute atomic E-state index is 0.0877. The van der Waals surface area contributed by atoms with E-state index in [1.54, 1.807) is 6.92 Å². The molecule has 1 aromatic heterocycles. The van der Waals surface area contributed by atoms with Crippen LogP contribution >= 0.6 is 0 Å². The average molecular weight is 851 g/mol. The summed E-state index contributed by atoms with van der Waals surface area (Å²) in [6.07, 6.45) is 24.1. The summed E-state index contributed by atoms with van der Waals surface area (Å²) in [6.45, 7) is 25.2. The van der Waals surface area contributed by atoms with Gasteiger partial charge in [-0.05, 0) is 184 Å². The molecular weight excluding hydrogens is 765 g/mol. The first-order chi connectivity index (χ1) is 29.5. The van der Waals surface area contributed by atoms with Crippen LogP contribution in [0.1, 0.15) is 188 Å². The molecule has 6 saturated carbocycles. The molecule has 8 fully saturated rings. The Balaban J connectivity index is 0.828. The van der Waals surface area contributed by atoms with Crippen LogP contribution in [0.4, 0.5) is 0 Å². The van der Waals surface area contributed by atoms with E-state index in [1.807, 2.05) is 0 Å². The van der Waals surface area contributed by atoms with Gasteiger partial charge in [0.25, 0.3) is 0 Å². The van der Waals surface area contributed by atoms with Gasteiger partial charge in [0.2, 0.25) is 0 Å². The van der Waals surface area contributed by atoms with E-state index in [4.69, 9.17) is 24.2 Å². The lowest BCUT2D eigenvalue weighted by Gasteiger charge is -2.62. The number of hydrogen-bond donors (Lipinski definition) is 0. The van der Waals surface area contributed by atoms with Gasteiger partial charge < -0.3 is 14.2 Å². The van der Waals surface area contributed by atoms with Crippen LogP contribution in [0.25, 0.3) is 0 Å². The largest absolute Gasteiger partial charge is 0.462 e. The highest BCUT2D eigenvalue weighted by atomic mass is 16.7. The van der Waals surface area contributed by atoms with Crippen LogP contribution in [-0.2, 0) is 44.7 Å². The third-order valence-electron chi connectivity index (χ3n) is 23.2. The lowest BCUT2D eigenvalue weighted by molar-refractivity contribution is -0.274. The van der Waals surface area contributed by atoms with Crippen LogP contribution in [0.15, 0.2) is 0 Å². The lowest BCUT2D eigenvalue weighted by Crippen LogP contribution is -2.60. The average Bonchev–Trinajstić information content (AvgIpc) is 3.82. The number of hydrogen-bond acceptors (Lipinski definition) is 6. The maximum Gasteiger partial charge on any atom is 0.302 e. The van der Waals surface area contributed by atoms with Crippen molar-refractivity contribution in [2.24, 2.45) is 105 Å². The zero-order chi connectivity index (χ0) is 43.3. The van der Waals surface area contributed by atoms with E-state index in [9.17, 15) is 4.79 Å². The van der Waals surface area contributed by atoms with E-state index < -0.39 is 5.79 Å². The van der Waals surface area contributed by atoms with Crippen molar-refractivity contribution in [1.82, 2.24) is 9.97 Å². The van der Waals surface area contributed by atoms with Crippen molar-refractivity contribution in [2.45, 2.75) is 209 Å². The molecule has 0 amide bonds. The molecule has 20 atom stereocenters. The number of esters is 1. The van der Waals surface area contributed by atoms with E-state index in [0.29, 0.717) is 52.3 Å². The number of rotatable bonds is 6. The Hall–Kier alpha value is -1.53. The second-order valence-corrected chi connectivity index (χ2v) is 26.3. The number of aromatic nitrogens is 2. The van der Waals surface area contributed by atoms with Crippen molar-refractivity contribution in [1.29, 1.82) is 0 Å². The molecule has 0 bridgehead atoms. The molecule has 2 aliphatic heterocycles. The van der Waals surface area contributed by atoms with Gasteiger partial charge in [0.1, 0.15) is 6.10 Å². The Bertz CT molecular complexity index is 1900. The quantitative estimate of drug-likeness (QED) is 0.266. The fourth-order valence-corrected chi connectivity index (χ4v) is 20.0. The molecule has 8 aliphatic carbocycles. The second kappa shape index (κ2) is 15.0. The van der Waals surface area contributed by atoms with Crippen LogP contribution in [0, 0.1) is 105 Å². The summed E-state index contributed by atoms with van der Waals surface area (Å²) < 4.78 is 20.4. The Kier molecular flexibility index (Phi) is 10.4. The summed E-state index contributed by atoms with van der Waals surface area (Å²) in [5.74, 6) is 8.90. The maximum absolute atomic E-state index is 13.0. The Labute approximate surface area is 376 Å². The van der Waals surface area contributed by atoms with Crippen LogP contribution in [-0.4, -0.2) is 40.5 Å². The molecule has 0 radical (unpaired) electrons. The first-order valence-electron chi connectivity index (χ1n) is 26.8. The first kappa shape index (κ1) is 43.1. The number of ether oxygens (including phenoxy) is 3. The Morgan fingerprint density at radius 3 is 2.00 bits per heavy atom. The normalized spacial score (nSPS) is 51.5. The van der Waals surface area contributed by atoms with E-state index in [2.05, 4.69) is 62.3 Å². The highest BCUT2D eigenvalue weighted by Crippen LogP contribution is 2.72. The molecule has 1 spiro atoms. The van der Waals surface area contributed by atoms with Gasteiger partial charge in [-0.2, -0.15) is 0 Å². The topological polar surface area (TPSA) is 70.5 Å². The third-order valence-corrected chi connectivity index (χ3v) is 23.2. The fourth-order valence-electron chi connectivity index (χ4n) is 20.0. The highest BCUT2D eigenvalue weighted by molar-refractivity contribution is 5.66. The molecule has 10 aliphatic rings. The molecule has 0 N–H and O–H groups in total. The van der Waals surface area contributed by atoms with Crippen molar-refractivity contribution >= 4 is 5.97 Å². The van der Waals surface area contributed by atoms with Gasteiger partial charge in [0, 0.05) is 30.6 Å². The highest BCUT2D eigenvalue weighted by Gasteiger charge is 2.73. The number of carbonyl (C=O) groups is 1. The molecule has 0 unspecified atom stereocenters. The van der Waals surface area contributed by atoms with Crippen molar-refractivity contribution in [3.63, 3.8) is 0 Å². The predicted octanol–water partition coefficient (Wildman–Crippen LogP) is 12.4. The zero-order valence-corrected chi connectivity index (χ0v) is 40.9. The van der Waals surface area contributed by atoms with Gasteiger partial charge in [-0.3, -0.25) is 14.8 Å². The molecule has 1 aromatic rings. The molecule has 2 saturated heterocycles. The first-order valence-corrected chi connectivity index (χ1v) is 26.8. The molecule has 6 heteroatoms. The van der Waals surface area contributed by atoms with Crippen molar-refractivity contribution < 1.29 is 19.0 Å². The van der Waals surface area contributed by atoms with Gasteiger partial charge in [-0.25, -0.2) is 0 Å². The predicted molar refractivity (Wildman–Crippen MR) is 245 cm³/mol. The van der Waals surface area contributed by atoms with Gasteiger partial charge in [0.15, 0.2) is 5.79 Å². The van der Waals surface area contributed by atoms with E-state index in [1.165, 1.54) is 93.4 Å². The van der Waals surface area contributed by atoms with Crippen molar-refractivity contribution in [3.8, 4) is 0 Å². The molecule has 11 rings (SSSR count). The van der Waals surface area contributed by atoms with E-state index >= 15 is 0 Å². The maximum atomic E-state index is 13.0. The number of carbonyl (C=O) groups excluding carboxylic acids is 1. The summed E-state index contributed by atoms with van der Waals surface area (Å²) in [4.78, 5) is 24.5. The summed E-state index contributed by atoms with van der Waals surface area (Å²) in [5, 5.41) is 0. The van der Waals surface area contributed by atoms with Gasteiger partial charge in [-0.15, -0.1) is 0 Å². The Morgan fingerprint density at radius 2 is 1.37 bits per heavy atom. The van der Waals surface area contributed by atoms with Gasteiger partial charge in [-0.1, -0.05) is 81.6 Å². The van der Waals surface area contributed by atoms with Crippen LogP contribution in [0.5, 0.6) is 0 Å². The third kappa shape index (κ3) is 6.20. The van der Waals surface area contributed by atoms with Gasteiger partial charge in [0.05, 0.1) is 35.5 Å². The van der Waals surface area contributed by atoms with Crippen LogP contribution in [0.3, 0.4) is 0 Å². The smallest absolute Gasteiger partial charge is 0.302 e. The molecule has 62 heavy (non-hydrogen) atoms. The summed E-state index contributed by atoms with van der Waals surface area (Å²) >= 11 is 0. The second-order valence-electron chi connectivity index (χ2n) is 26.3. The Morgan fingerprint density at radius 1 is 0.726 bits per heavy atom. The van der Waals surface area contributed by atoms with E-state index in [-0.39, 0.29) is 29.0 Å². The summed E-state index contributed by atoms with van der Waals surface area (Å²) in [6, 6.07) is 0. The van der Waals surface area contributed by atoms with Gasteiger partial charge >= 0.3 is 5.97 Å². The number of fused-ring (bicyclic) bond motifs is 14. The fraction of sp³-hybridized carbons (Fsp3) is 0.911. The van der Waals surface area contributed by atoms with Crippen molar-refractivity contribution in [3.05, 3.63) is 22.8 Å². The molecule has 0 aromatic carbocycles. The van der Waals surface area contributed by atoms with E-state index in [0.717, 1.165) is 99.4 Å². The summed E-state index contributed by atoms with van der Waals surface area (Å²) in [5.41, 5.74) is 6.31. The molecule has 3 heterocycles. The van der Waals surface area contributed by atoms with Crippen LogP contribution in [0.2, 0.25) is 0 Å². The zero-order valence-electron chi connectivity index (χ0n) is 40.9. The summed E-state index contributed by atoms with van der Waals surface area (Å²) in [7, 11) is 0. The minimum Gasteiger partial charge on any atom is -0.462 e. The number of nitrogens with zero attached hydrogens (tertiary/aromatic N) is 2. The van der Waals surface area contributed by atoms with Crippen molar-refractivity contribution in [2.75, 3.05) is 6.61 Å². The lowest BCUT2D eigenvalue weighted by atomic mass is 9.43. The standard InChI is InChI=1S/C56H86N2O4/c1-31(2)12-11-13-33(4)40-18-19-41-38-16-14-36-24-45-47(28-53(36,8)42(38)21-22-52(40,41)7)57-46-25-37-15-17-39-43(54(37,9)29-48(46)58-45)27-50(61-35(6)59)55(10)44(39)26-49-51(55)34(5)56(62-49)23-20-32(3)30-60-56/h31-34,36-44,49-51H,11-30H2,1-10H3/t32-,33-,34+,36+,37+,38+,39-,40-,41+,42+,43+,44+,49+,50-,51+,52-,53+,54+,55-,56-/m1/s1. The molecular formula is C56H86N2O4. The minimum atomic E-state index is -0.471. The molecule has 6 nitrogen and oxygen atoms in total. The monoisotopic (exact) mass is 851 g/mol. The molecule has 344 valence electrons. The SMILES string of the molecule is CC(=O)O[C@@H]1C[C@H]2[C@@H](CC[C@H]3Cc4nc5c(nc4C[C@@]32C)C[C@@H]2CC[C@@H]3[C@H](CC[C@]4(C)[C@@H]([C@H](C)CCCC(C)C)CC[C@@H]34)[C@@]2(C)C5)[C@@H]2C[C@@H]3O[C@]4(CC[C@@H](C)CO4)[C@@H](C)[C@@H]3[C@@]12C.